The van der Waals surface area contributed by atoms with Crippen LogP contribution in [0.15, 0.2) is 6.07 Å². The van der Waals surface area contributed by atoms with Gasteiger partial charge in [-0.2, -0.15) is 0 Å². The standard InChI is InChI=1S/C15H23N3O/c1-15(19)6-7-18(10-15)14-12(9-16)8-11-4-2-3-5-13(11)17-14/h8,19H,2-7,9-10,16H2,1H3. The smallest absolute Gasteiger partial charge is 0.133 e. The lowest BCUT2D eigenvalue weighted by Gasteiger charge is -2.25. The molecule has 104 valence electrons. The predicted octanol–water partition coefficient (Wildman–Crippen LogP) is 1.38. The molecule has 4 nitrogen and oxygen atoms in total. The molecular formula is C15H23N3O. The zero-order chi connectivity index (χ0) is 13.5. The molecule has 1 atom stereocenters. The minimum atomic E-state index is -0.594. The van der Waals surface area contributed by atoms with Gasteiger partial charge in [0.25, 0.3) is 0 Å². The summed E-state index contributed by atoms with van der Waals surface area (Å²) in [5, 5.41) is 10.1. The van der Waals surface area contributed by atoms with Crippen LogP contribution in [0, 0.1) is 0 Å². The number of pyridine rings is 1. The van der Waals surface area contributed by atoms with Crippen LogP contribution in [-0.4, -0.2) is 28.8 Å². The van der Waals surface area contributed by atoms with Crippen LogP contribution in [-0.2, 0) is 19.4 Å². The van der Waals surface area contributed by atoms with Crippen LogP contribution in [0.1, 0.15) is 43.0 Å². The summed E-state index contributed by atoms with van der Waals surface area (Å²) in [6, 6.07) is 2.24. The maximum atomic E-state index is 10.1. The van der Waals surface area contributed by atoms with Crippen LogP contribution in [0.5, 0.6) is 0 Å². The lowest BCUT2D eigenvalue weighted by molar-refractivity contribution is 0.0839. The number of hydrogen-bond acceptors (Lipinski definition) is 4. The van der Waals surface area contributed by atoms with Gasteiger partial charge in [-0.05, 0) is 50.7 Å². The van der Waals surface area contributed by atoms with Crippen LogP contribution in [0.3, 0.4) is 0 Å². The zero-order valence-electron chi connectivity index (χ0n) is 11.7. The number of rotatable bonds is 2. The van der Waals surface area contributed by atoms with Crippen LogP contribution in [0.2, 0.25) is 0 Å². The first-order chi connectivity index (χ1) is 9.09. The minimum Gasteiger partial charge on any atom is -0.388 e. The first kappa shape index (κ1) is 12.9. The zero-order valence-corrected chi connectivity index (χ0v) is 11.7. The topological polar surface area (TPSA) is 62.4 Å². The SMILES string of the molecule is CC1(O)CCN(c2nc3c(cc2CN)CCCC3)C1. The van der Waals surface area contributed by atoms with Crippen LogP contribution in [0.25, 0.3) is 0 Å². The summed E-state index contributed by atoms with van der Waals surface area (Å²) in [5.74, 6) is 1.00. The molecule has 1 fully saturated rings. The maximum Gasteiger partial charge on any atom is 0.133 e. The Morgan fingerprint density at radius 1 is 1.42 bits per heavy atom. The maximum absolute atomic E-state index is 10.1. The Morgan fingerprint density at radius 2 is 2.21 bits per heavy atom. The van der Waals surface area contributed by atoms with E-state index < -0.39 is 5.60 Å². The van der Waals surface area contributed by atoms with E-state index in [1.165, 1.54) is 24.1 Å². The number of aryl methyl sites for hydroxylation is 2. The Bertz CT molecular complexity index is 485. The van der Waals surface area contributed by atoms with Crippen molar-refractivity contribution in [2.24, 2.45) is 5.73 Å². The lowest BCUT2D eigenvalue weighted by atomic mass is 9.94. The highest BCUT2D eigenvalue weighted by molar-refractivity contribution is 5.51. The average Bonchev–Trinajstić information content (AvgIpc) is 2.77. The van der Waals surface area contributed by atoms with E-state index in [2.05, 4.69) is 11.0 Å². The second kappa shape index (κ2) is 4.76. The van der Waals surface area contributed by atoms with Gasteiger partial charge in [0.1, 0.15) is 5.82 Å². The molecule has 0 saturated carbocycles. The van der Waals surface area contributed by atoms with Crippen molar-refractivity contribution < 1.29 is 5.11 Å². The summed E-state index contributed by atoms with van der Waals surface area (Å²) in [6.07, 6.45) is 5.51. The summed E-state index contributed by atoms with van der Waals surface area (Å²) in [5.41, 5.74) is 9.04. The van der Waals surface area contributed by atoms with Crippen molar-refractivity contribution in [1.29, 1.82) is 0 Å². The third-order valence-corrected chi connectivity index (χ3v) is 4.33. The van der Waals surface area contributed by atoms with E-state index in [1.807, 2.05) is 6.92 Å². The molecule has 3 N–H and O–H groups in total. The molecule has 3 rings (SSSR count). The third-order valence-electron chi connectivity index (χ3n) is 4.33. The molecule has 2 aliphatic rings. The van der Waals surface area contributed by atoms with E-state index in [0.717, 1.165) is 37.2 Å². The number of anilines is 1. The number of fused-ring (bicyclic) bond motifs is 1. The molecule has 1 aromatic rings. The van der Waals surface area contributed by atoms with Gasteiger partial charge in [0.15, 0.2) is 0 Å². The van der Waals surface area contributed by atoms with Crippen molar-refractivity contribution in [1.82, 2.24) is 4.98 Å². The van der Waals surface area contributed by atoms with Gasteiger partial charge in [0.05, 0.1) is 5.60 Å². The molecule has 4 heteroatoms. The van der Waals surface area contributed by atoms with Crippen molar-refractivity contribution in [2.75, 3.05) is 18.0 Å². The third kappa shape index (κ3) is 2.47. The molecule has 1 aromatic heterocycles. The molecule has 0 amide bonds. The molecule has 1 saturated heterocycles. The average molecular weight is 261 g/mol. The fourth-order valence-corrected chi connectivity index (χ4v) is 3.22. The molecule has 1 aliphatic heterocycles. The molecule has 1 aliphatic carbocycles. The Balaban J connectivity index is 1.96. The van der Waals surface area contributed by atoms with E-state index in [0.29, 0.717) is 13.1 Å². The van der Waals surface area contributed by atoms with Crippen molar-refractivity contribution >= 4 is 5.82 Å². The van der Waals surface area contributed by atoms with Gasteiger partial charge in [-0.15, -0.1) is 0 Å². The summed E-state index contributed by atoms with van der Waals surface area (Å²) in [7, 11) is 0. The van der Waals surface area contributed by atoms with Gasteiger partial charge in [-0.25, -0.2) is 4.98 Å². The summed E-state index contributed by atoms with van der Waals surface area (Å²) in [6.45, 7) is 3.94. The Hall–Kier alpha value is -1.13. The van der Waals surface area contributed by atoms with E-state index >= 15 is 0 Å². The molecule has 0 radical (unpaired) electrons. The van der Waals surface area contributed by atoms with Crippen molar-refractivity contribution in [3.05, 3.63) is 22.9 Å². The fraction of sp³-hybridized carbons (Fsp3) is 0.667. The minimum absolute atomic E-state index is 0.522. The number of hydrogen-bond donors (Lipinski definition) is 2. The first-order valence-electron chi connectivity index (χ1n) is 7.28. The van der Waals surface area contributed by atoms with Gasteiger partial charge in [0.2, 0.25) is 0 Å². The van der Waals surface area contributed by atoms with E-state index in [1.54, 1.807) is 0 Å². The molecule has 1 unspecified atom stereocenters. The molecule has 0 spiro atoms. The molecule has 0 bridgehead atoms. The molecular weight excluding hydrogens is 238 g/mol. The van der Waals surface area contributed by atoms with Crippen LogP contribution < -0.4 is 10.6 Å². The van der Waals surface area contributed by atoms with Crippen molar-refractivity contribution in [3.63, 3.8) is 0 Å². The summed E-state index contributed by atoms with van der Waals surface area (Å²) >= 11 is 0. The van der Waals surface area contributed by atoms with Crippen molar-refractivity contribution in [2.45, 2.75) is 51.2 Å². The van der Waals surface area contributed by atoms with E-state index in [4.69, 9.17) is 10.7 Å². The predicted molar refractivity (Wildman–Crippen MR) is 76.2 cm³/mol. The quantitative estimate of drug-likeness (QED) is 0.844. The highest BCUT2D eigenvalue weighted by Crippen LogP contribution is 2.31. The Morgan fingerprint density at radius 3 is 2.89 bits per heavy atom. The van der Waals surface area contributed by atoms with Gasteiger partial charge in [0, 0.05) is 30.9 Å². The lowest BCUT2D eigenvalue weighted by Crippen LogP contribution is -2.31. The number of aromatic nitrogens is 1. The monoisotopic (exact) mass is 261 g/mol. The van der Waals surface area contributed by atoms with Crippen LogP contribution >= 0.6 is 0 Å². The van der Waals surface area contributed by atoms with E-state index in [-0.39, 0.29) is 0 Å². The number of β-amino-alcohol motifs (C(OH)–C–C–N with tert-alkyl or cyclic N) is 1. The first-order valence-corrected chi connectivity index (χ1v) is 7.28. The van der Waals surface area contributed by atoms with Gasteiger partial charge in [-0.1, -0.05) is 0 Å². The molecule has 0 aromatic carbocycles. The Labute approximate surface area is 114 Å². The number of nitrogens with two attached hydrogens (primary N) is 1. The summed E-state index contributed by atoms with van der Waals surface area (Å²) < 4.78 is 0. The van der Waals surface area contributed by atoms with Crippen molar-refractivity contribution in [3.8, 4) is 0 Å². The van der Waals surface area contributed by atoms with E-state index in [9.17, 15) is 5.11 Å². The highest BCUT2D eigenvalue weighted by Gasteiger charge is 2.33. The second-order valence-corrected chi connectivity index (χ2v) is 6.16. The normalized spacial score (nSPS) is 26.6. The molecule has 19 heavy (non-hydrogen) atoms. The van der Waals surface area contributed by atoms with Crippen LogP contribution in [0.4, 0.5) is 5.82 Å². The highest BCUT2D eigenvalue weighted by atomic mass is 16.3. The fourth-order valence-electron chi connectivity index (χ4n) is 3.22. The summed E-state index contributed by atoms with van der Waals surface area (Å²) in [4.78, 5) is 7.06. The largest absolute Gasteiger partial charge is 0.388 e. The van der Waals surface area contributed by atoms with Gasteiger partial charge >= 0.3 is 0 Å². The Kier molecular flexibility index (Phi) is 3.23. The van der Waals surface area contributed by atoms with Gasteiger partial charge in [-0.3, -0.25) is 0 Å². The number of nitrogens with zero attached hydrogens (tertiary/aromatic N) is 2. The van der Waals surface area contributed by atoms with Gasteiger partial charge < -0.3 is 15.7 Å². The molecule has 2 heterocycles. The number of aliphatic hydroxyl groups is 1. The second-order valence-electron chi connectivity index (χ2n) is 6.16.